The van der Waals surface area contributed by atoms with E-state index in [0.29, 0.717) is 0 Å². The molecule has 0 saturated heterocycles. The van der Waals surface area contributed by atoms with Gasteiger partial charge in [-0.2, -0.15) is 0 Å². The van der Waals surface area contributed by atoms with Crippen LogP contribution >= 0.6 is 0 Å². The highest BCUT2D eigenvalue weighted by Gasteiger charge is 2.44. The maximum Gasteiger partial charge on any atom is 0.251 e. The molecule has 0 aromatic heterocycles. The van der Waals surface area contributed by atoms with Crippen LogP contribution in [-0.2, 0) is 19.1 Å². The minimum Gasteiger partial charge on any atom is -0.368 e. The van der Waals surface area contributed by atoms with Crippen LogP contribution in [0.2, 0.25) is 0 Å². The van der Waals surface area contributed by atoms with Gasteiger partial charge in [0.15, 0.2) is 0 Å². The molecular formula is C14H28N2O4. The predicted octanol–water partition coefficient (Wildman–Crippen LogP) is 0.978. The molecule has 2 aliphatic rings. The molecule has 0 bridgehead atoms. The number of primary amides is 1. The Morgan fingerprint density at radius 3 is 1.45 bits per heavy atom. The second-order valence-electron chi connectivity index (χ2n) is 5.05. The molecule has 2 amide bonds. The van der Waals surface area contributed by atoms with Crippen molar-refractivity contribution < 1.29 is 19.1 Å². The van der Waals surface area contributed by atoms with Crippen LogP contribution in [0, 0.1) is 0 Å². The number of rotatable bonds is 4. The van der Waals surface area contributed by atoms with Gasteiger partial charge >= 0.3 is 0 Å². The maximum absolute atomic E-state index is 11.1. The molecule has 2 fully saturated rings. The summed E-state index contributed by atoms with van der Waals surface area (Å²) in [7, 11) is 4.76. The third-order valence-corrected chi connectivity index (χ3v) is 4.19. The standard InChI is InChI=1S/C7H13NO2.C6H11NO2.CH4/c1-8-6(9)7(10-2)4-3-5-7;1-9-6(5(7)8)3-2-4-6;/h3-5H2,1-2H3,(H,8,9);2-4H2,1H3,(H2,7,8);1H4. The number of carbonyl (C=O) groups excluding carboxylic acids is 2. The summed E-state index contributed by atoms with van der Waals surface area (Å²) in [4.78, 5) is 21.7. The summed E-state index contributed by atoms with van der Waals surface area (Å²) in [5.74, 6) is -0.308. The molecule has 20 heavy (non-hydrogen) atoms. The van der Waals surface area contributed by atoms with Gasteiger partial charge in [0.05, 0.1) is 0 Å². The number of ether oxygens (including phenoxy) is 2. The predicted molar refractivity (Wildman–Crippen MR) is 77.2 cm³/mol. The highest BCUT2D eigenvalue weighted by Crippen LogP contribution is 2.35. The zero-order chi connectivity index (χ0) is 14.5. The van der Waals surface area contributed by atoms with E-state index in [1.54, 1.807) is 14.2 Å². The number of nitrogens with one attached hydrogen (secondary N) is 1. The van der Waals surface area contributed by atoms with Gasteiger partial charge in [0.2, 0.25) is 5.91 Å². The third-order valence-electron chi connectivity index (χ3n) is 4.19. The molecular weight excluding hydrogens is 260 g/mol. The van der Waals surface area contributed by atoms with Crippen molar-refractivity contribution in [1.29, 1.82) is 0 Å². The number of carbonyl (C=O) groups is 2. The summed E-state index contributed by atoms with van der Waals surface area (Å²) < 4.78 is 10.1. The number of hydrogen-bond acceptors (Lipinski definition) is 4. The fourth-order valence-electron chi connectivity index (χ4n) is 2.30. The third kappa shape index (κ3) is 3.49. The quantitative estimate of drug-likeness (QED) is 0.806. The van der Waals surface area contributed by atoms with Gasteiger partial charge in [-0.25, -0.2) is 0 Å². The number of amides is 2. The lowest BCUT2D eigenvalue weighted by molar-refractivity contribution is -0.153. The van der Waals surface area contributed by atoms with Gasteiger partial charge in [-0.05, 0) is 38.5 Å². The van der Waals surface area contributed by atoms with Crippen molar-refractivity contribution in [2.24, 2.45) is 5.73 Å². The molecule has 0 heterocycles. The van der Waals surface area contributed by atoms with Crippen LogP contribution in [0.5, 0.6) is 0 Å². The van der Waals surface area contributed by atoms with Crippen LogP contribution in [-0.4, -0.2) is 44.3 Å². The Hall–Kier alpha value is -1.14. The van der Waals surface area contributed by atoms with Crippen LogP contribution in [0.4, 0.5) is 0 Å². The van der Waals surface area contributed by atoms with E-state index in [0.717, 1.165) is 38.5 Å². The van der Waals surface area contributed by atoms with Crippen LogP contribution in [0.3, 0.4) is 0 Å². The van der Waals surface area contributed by atoms with Crippen molar-refractivity contribution in [3.05, 3.63) is 0 Å². The summed E-state index contributed by atoms with van der Waals surface area (Å²) in [6.07, 6.45) is 5.46. The first-order valence-electron chi connectivity index (χ1n) is 6.59. The van der Waals surface area contributed by atoms with Crippen LogP contribution in [0.25, 0.3) is 0 Å². The topological polar surface area (TPSA) is 90.7 Å². The Kier molecular flexibility index (Phi) is 7.16. The van der Waals surface area contributed by atoms with Crippen molar-refractivity contribution in [1.82, 2.24) is 5.32 Å². The summed E-state index contributed by atoms with van der Waals surface area (Å²) in [5.41, 5.74) is 4.00. The fourth-order valence-corrected chi connectivity index (χ4v) is 2.30. The van der Waals surface area contributed by atoms with Crippen LogP contribution in [0.15, 0.2) is 0 Å². The molecule has 2 rings (SSSR count). The Morgan fingerprint density at radius 2 is 1.40 bits per heavy atom. The van der Waals surface area contributed by atoms with Crippen LogP contribution < -0.4 is 11.1 Å². The van der Waals surface area contributed by atoms with Gasteiger partial charge in [0, 0.05) is 21.3 Å². The average Bonchev–Trinajstić information content (AvgIpc) is 2.27. The van der Waals surface area contributed by atoms with E-state index in [1.807, 2.05) is 0 Å². The zero-order valence-electron chi connectivity index (χ0n) is 12.0. The van der Waals surface area contributed by atoms with E-state index in [-0.39, 0.29) is 19.2 Å². The van der Waals surface area contributed by atoms with E-state index in [9.17, 15) is 9.59 Å². The molecule has 6 heteroatoms. The number of likely N-dealkylation sites (N-methyl/N-ethyl adjacent to an activating group) is 1. The van der Waals surface area contributed by atoms with E-state index in [2.05, 4.69) is 5.32 Å². The van der Waals surface area contributed by atoms with Gasteiger partial charge in [-0.15, -0.1) is 0 Å². The van der Waals surface area contributed by atoms with E-state index in [4.69, 9.17) is 15.2 Å². The lowest BCUT2D eigenvalue weighted by Crippen LogP contribution is -2.52. The minimum atomic E-state index is -0.597. The Balaban J connectivity index is 0.000000345. The van der Waals surface area contributed by atoms with Crippen LogP contribution in [0.1, 0.15) is 46.0 Å². The van der Waals surface area contributed by atoms with E-state index < -0.39 is 11.2 Å². The van der Waals surface area contributed by atoms with Crippen molar-refractivity contribution in [2.75, 3.05) is 21.3 Å². The molecule has 0 radical (unpaired) electrons. The second-order valence-corrected chi connectivity index (χ2v) is 5.05. The molecule has 3 N–H and O–H groups in total. The summed E-state index contributed by atoms with van der Waals surface area (Å²) in [5, 5.41) is 2.59. The average molecular weight is 288 g/mol. The molecule has 2 saturated carbocycles. The van der Waals surface area contributed by atoms with Gasteiger partial charge < -0.3 is 20.5 Å². The molecule has 6 nitrogen and oxygen atoms in total. The smallest absolute Gasteiger partial charge is 0.251 e. The maximum atomic E-state index is 11.1. The molecule has 2 aliphatic carbocycles. The monoisotopic (exact) mass is 288 g/mol. The molecule has 118 valence electrons. The highest BCUT2D eigenvalue weighted by molar-refractivity contribution is 5.85. The number of methoxy groups -OCH3 is 2. The lowest BCUT2D eigenvalue weighted by atomic mass is 9.79. The SMILES string of the molecule is C.CNC(=O)C1(OC)CCC1.COC1(C(N)=O)CCC1. The molecule has 0 aliphatic heterocycles. The Labute approximate surface area is 121 Å². The highest BCUT2D eigenvalue weighted by atomic mass is 16.5. The van der Waals surface area contributed by atoms with Crippen molar-refractivity contribution >= 4 is 11.8 Å². The largest absolute Gasteiger partial charge is 0.368 e. The lowest BCUT2D eigenvalue weighted by Gasteiger charge is -2.38. The number of hydrogen-bond donors (Lipinski definition) is 2. The minimum absolute atomic E-state index is 0. The first kappa shape index (κ1) is 18.9. The molecule has 0 aromatic rings. The molecule has 0 spiro atoms. The fraction of sp³-hybridized carbons (Fsp3) is 0.857. The molecule has 0 atom stereocenters. The summed E-state index contributed by atoms with van der Waals surface area (Å²) in [6.45, 7) is 0. The second kappa shape index (κ2) is 7.59. The first-order chi connectivity index (χ1) is 8.96. The first-order valence-corrected chi connectivity index (χ1v) is 6.59. The van der Waals surface area contributed by atoms with E-state index >= 15 is 0 Å². The molecule has 0 unspecified atom stereocenters. The van der Waals surface area contributed by atoms with E-state index in [1.165, 1.54) is 7.11 Å². The summed E-state index contributed by atoms with van der Waals surface area (Å²) in [6, 6.07) is 0. The van der Waals surface area contributed by atoms with Gasteiger partial charge in [0.1, 0.15) is 11.2 Å². The molecule has 0 aromatic carbocycles. The van der Waals surface area contributed by atoms with Crippen molar-refractivity contribution in [2.45, 2.75) is 57.2 Å². The zero-order valence-corrected chi connectivity index (χ0v) is 12.0. The Bertz CT molecular complexity index is 325. The Morgan fingerprint density at radius 1 is 1.00 bits per heavy atom. The van der Waals surface area contributed by atoms with Gasteiger partial charge in [0.25, 0.3) is 5.91 Å². The number of nitrogens with two attached hydrogens (primary N) is 1. The van der Waals surface area contributed by atoms with Gasteiger partial charge in [-0.3, -0.25) is 9.59 Å². The normalized spacial score (nSPS) is 20.9. The van der Waals surface area contributed by atoms with Crippen molar-refractivity contribution in [3.63, 3.8) is 0 Å². The summed E-state index contributed by atoms with van der Waals surface area (Å²) >= 11 is 0. The van der Waals surface area contributed by atoms with Gasteiger partial charge in [-0.1, -0.05) is 7.43 Å². The van der Waals surface area contributed by atoms with Crippen molar-refractivity contribution in [3.8, 4) is 0 Å².